The molecule has 132 valence electrons. The molecule has 2 amide bonds. The Morgan fingerprint density at radius 3 is 2.96 bits per heavy atom. The largest absolute Gasteiger partial charge is 0.467 e. The van der Waals surface area contributed by atoms with E-state index >= 15 is 0 Å². The van der Waals surface area contributed by atoms with Gasteiger partial charge in [0, 0.05) is 18.8 Å². The molecule has 0 bridgehead atoms. The molecule has 2 aromatic heterocycles. The van der Waals surface area contributed by atoms with Crippen LogP contribution in [0.2, 0.25) is 0 Å². The van der Waals surface area contributed by atoms with E-state index in [0.29, 0.717) is 23.8 Å². The number of hydrogen-bond donors (Lipinski definition) is 1. The van der Waals surface area contributed by atoms with Crippen LogP contribution in [0.25, 0.3) is 0 Å². The monoisotopic (exact) mass is 341 g/mol. The van der Waals surface area contributed by atoms with Crippen LogP contribution < -0.4 is 5.32 Å². The van der Waals surface area contributed by atoms with Crippen LogP contribution in [0.3, 0.4) is 0 Å². The van der Waals surface area contributed by atoms with E-state index in [2.05, 4.69) is 23.4 Å². The van der Waals surface area contributed by atoms with E-state index in [1.807, 2.05) is 26.0 Å². The molecule has 0 aromatic carbocycles. The highest BCUT2D eigenvalue weighted by atomic mass is 16.3. The van der Waals surface area contributed by atoms with E-state index in [4.69, 9.17) is 4.42 Å². The normalized spacial score (nSPS) is 20.5. The molecule has 1 aliphatic heterocycles. The molecule has 1 saturated heterocycles. The molecule has 0 radical (unpaired) electrons. The topological polar surface area (TPSA) is 87.1 Å². The number of carbonyl (C=O) groups excluding carboxylic acids is 1. The Balaban J connectivity index is 1.81. The van der Waals surface area contributed by atoms with E-state index in [9.17, 15) is 10.1 Å². The number of nitrogens with zero attached hydrogens (tertiary/aromatic N) is 4. The molecule has 7 heteroatoms. The van der Waals surface area contributed by atoms with Crippen LogP contribution in [-0.2, 0) is 0 Å². The summed E-state index contributed by atoms with van der Waals surface area (Å²) in [5.41, 5.74) is 0.363. The van der Waals surface area contributed by atoms with Gasteiger partial charge in [-0.3, -0.25) is 10.00 Å². The zero-order valence-electron chi connectivity index (χ0n) is 14.8. The summed E-state index contributed by atoms with van der Waals surface area (Å²) in [6, 6.07) is 5.59. The van der Waals surface area contributed by atoms with Crippen LogP contribution in [0, 0.1) is 17.2 Å². The van der Waals surface area contributed by atoms with E-state index in [1.165, 1.54) is 0 Å². The second-order valence-corrected chi connectivity index (χ2v) is 6.86. The number of carbonyl (C=O) groups is 1. The average Bonchev–Trinajstić information content (AvgIpc) is 3.24. The lowest BCUT2D eigenvalue weighted by atomic mass is 9.91. The average molecular weight is 341 g/mol. The minimum absolute atomic E-state index is 0.100. The van der Waals surface area contributed by atoms with E-state index in [1.54, 1.807) is 22.0 Å². The third-order valence-corrected chi connectivity index (χ3v) is 4.60. The van der Waals surface area contributed by atoms with Gasteiger partial charge in [0.2, 0.25) is 0 Å². The summed E-state index contributed by atoms with van der Waals surface area (Å²) in [6.45, 7) is 6.77. The number of hydrogen-bond acceptors (Lipinski definition) is 4. The molecular formula is C18H23N5O2. The fourth-order valence-electron chi connectivity index (χ4n) is 3.14. The SMILES string of the molecule is CC(C)n1cc(C#N)c(NC(=O)N2CC[C@H](C)C[C@@H]2c2ccco2)n1. The van der Waals surface area contributed by atoms with Crippen molar-refractivity contribution < 1.29 is 9.21 Å². The zero-order chi connectivity index (χ0) is 18.0. The van der Waals surface area contributed by atoms with Gasteiger partial charge < -0.3 is 9.32 Å². The van der Waals surface area contributed by atoms with Crippen molar-refractivity contribution in [2.75, 3.05) is 11.9 Å². The molecule has 2 aromatic rings. The van der Waals surface area contributed by atoms with Crippen molar-refractivity contribution in [3.8, 4) is 6.07 Å². The smallest absolute Gasteiger partial charge is 0.323 e. The lowest BCUT2D eigenvalue weighted by Gasteiger charge is -2.37. The lowest BCUT2D eigenvalue weighted by Crippen LogP contribution is -2.43. The van der Waals surface area contributed by atoms with Gasteiger partial charge in [-0.1, -0.05) is 6.92 Å². The molecule has 1 N–H and O–H groups in total. The molecule has 0 saturated carbocycles. The molecule has 1 fully saturated rings. The van der Waals surface area contributed by atoms with Crippen LogP contribution in [0.5, 0.6) is 0 Å². The summed E-state index contributed by atoms with van der Waals surface area (Å²) in [5.74, 6) is 1.61. The summed E-state index contributed by atoms with van der Waals surface area (Å²) in [5, 5.41) is 16.4. The van der Waals surface area contributed by atoms with Gasteiger partial charge in [-0.15, -0.1) is 0 Å². The van der Waals surface area contributed by atoms with Gasteiger partial charge in [-0.25, -0.2) is 4.79 Å². The van der Waals surface area contributed by atoms with Crippen molar-refractivity contribution in [2.24, 2.45) is 5.92 Å². The molecule has 25 heavy (non-hydrogen) atoms. The number of piperidine rings is 1. The third kappa shape index (κ3) is 3.53. The summed E-state index contributed by atoms with van der Waals surface area (Å²) in [6.07, 6.45) is 5.08. The number of amides is 2. The van der Waals surface area contributed by atoms with Crippen molar-refractivity contribution in [2.45, 2.75) is 45.7 Å². The Labute approximate surface area is 147 Å². The maximum absolute atomic E-state index is 12.8. The first-order chi connectivity index (χ1) is 12.0. The molecule has 2 atom stereocenters. The summed E-state index contributed by atoms with van der Waals surface area (Å²) in [4.78, 5) is 14.6. The van der Waals surface area contributed by atoms with Crippen molar-refractivity contribution in [3.63, 3.8) is 0 Å². The van der Waals surface area contributed by atoms with Gasteiger partial charge in [0.25, 0.3) is 0 Å². The molecule has 1 aliphatic rings. The number of urea groups is 1. The number of aromatic nitrogens is 2. The Hall–Kier alpha value is -2.75. The summed E-state index contributed by atoms with van der Waals surface area (Å²) in [7, 11) is 0. The Bertz CT molecular complexity index is 772. The second kappa shape index (κ2) is 7.01. The summed E-state index contributed by atoms with van der Waals surface area (Å²) < 4.78 is 7.22. The predicted octanol–water partition coefficient (Wildman–Crippen LogP) is 3.93. The highest BCUT2D eigenvalue weighted by Crippen LogP contribution is 2.34. The number of nitriles is 1. The Morgan fingerprint density at radius 2 is 2.32 bits per heavy atom. The molecule has 3 heterocycles. The Morgan fingerprint density at radius 1 is 1.52 bits per heavy atom. The van der Waals surface area contributed by atoms with Gasteiger partial charge in [-0.05, 0) is 44.7 Å². The van der Waals surface area contributed by atoms with Crippen molar-refractivity contribution >= 4 is 11.8 Å². The van der Waals surface area contributed by atoms with E-state index in [0.717, 1.165) is 18.6 Å². The van der Waals surface area contributed by atoms with Gasteiger partial charge >= 0.3 is 6.03 Å². The fourth-order valence-corrected chi connectivity index (χ4v) is 3.14. The quantitative estimate of drug-likeness (QED) is 0.916. The molecule has 0 spiro atoms. The van der Waals surface area contributed by atoms with Gasteiger partial charge in [0.15, 0.2) is 5.82 Å². The van der Waals surface area contributed by atoms with Crippen molar-refractivity contribution in [1.29, 1.82) is 5.26 Å². The minimum Gasteiger partial charge on any atom is -0.467 e. The number of anilines is 1. The molecule has 3 rings (SSSR count). The van der Waals surface area contributed by atoms with Gasteiger partial charge in [0.1, 0.15) is 17.4 Å². The summed E-state index contributed by atoms with van der Waals surface area (Å²) >= 11 is 0. The first-order valence-electron chi connectivity index (χ1n) is 8.60. The van der Waals surface area contributed by atoms with Crippen LogP contribution in [0.15, 0.2) is 29.0 Å². The maximum atomic E-state index is 12.8. The van der Waals surface area contributed by atoms with E-state index < -0.39 is 0 Å². The number of likely N-dealkylation sites (tertiary alicyclic amines) is 1. The standard InChI is InChI=1S/C18H23N5O2/c1-12(2)23-11-14(10-19)17(21-23)20-18(24)22-7-6-13(3)9-15(22)16-5-4-8-25-16/h4-5,8,11-13,15H,6-7,9H2,1-3H3,(H,20,21,24)/t13-,15+/m0/s1. The van der Waals surface area contributed by atoms with Crippen LogP contribution >= 0.6 is 0 Å². The minimum atomic E-state index is -0.251. The zero-order valence-corrected chi connectivity index (χ0v) is 14.8. The first-order valence-corrected chi connectivity index (χ1v) is 8.60. The van der Waals surface area contributed by atoms with Crippen molar-refractivity contribution in [1.82, 2.24) is 14.7 Å². The van der Waals surface area contributed by atoms with E-state index in [-0.39, 0.29) is 18.1 Å². The van der Waals surface area contributed by atoms with Crippen LogP contribution in [-0.4, -0.2) is 27.3 Å². The highest BCUT2D eigenvalue weighted by Gasteiger charge is 2.33. The van der Waals surface area contributed by atoms with Gasteiger partial charge in [-0.2, -0.15) is 10.4 Å². The number of furan rings is 1. The molecule has 0 unspecified atom stereocenters. The first kappa shape index (κ1) is 17.1. The maximum Gasteiger partial charge on any atom is 0.323 e. The third-order valence-electron chi connectivity index (χ3n) is 4.60. The molecule has 0 aliphatic carbocycles. The van der Waals surface area contributed by atoms with Crippen LogP contribution in [0.4, 0.5) is 10.6 Å². The van der Waals surface area contributed by atoms with Gasteiger partial charge in [0.05, 0.1) is 12.3 Å². The second-order valence-electron chi connectivity index (χ2n) is 6.86. The molecule has 7 nitrogen and oxygen atoms in total. The van der Waals surface area contributed by atoms with Crippen molar-refractivity contribution in [3.05, 3.63) is 35.9 Å². The Kier molecular flexibility index (Phi) is 4.79. The predicted molar refractivity (Wildman–Crippen MR) is 92.9 cm³/mol. The highest BCUT2D eigenvalue weighted by molar-refractivity contribution is 5.89. The number of nitrogens with one attached hydrogen (secondary N) is 1. The lowest BCUT2D eigenvalue weighted by molar-refractivity contribution is 0.129. The van der Waals surface area contributed by atoms with Crippen LogP contribution in [0.1, 0.15) is 57.0 Å². The molecular weight excluding hydrogens is 318 g/mol. The fraction of sp³-hybridized carbons (Fsp3) is 0.500. The number of rotatable bonds is 3.